The van der Waals surface area contributed by atoms with Gasteiger partial charge in [-0.25, -0.2) is 0 Å². The molecule has 0 unspecified atom stereocenters. The molecular formula is C32H40O8S4Se4. The van der Waals surface area contributed by atoms with Crippen molar-refractivity contribution in [3.05, 3.63) is 44.5 Å². The van der Waals surface area contributed by atoms with Gasteiger partial charge in [0.1, 0.15) is 0 Å². The van der Waals surface area contributed by atoms with E-state index in [2.05, 4.69) is 0 Å². The number of hydrogen-bond donors (Lipinski definition) is 0. The van der Waals surface area contributed by atoms with E-state index >= 15 is 0 Å². The van der Waals surface area contributed by atoms with E-state index in [1.54, 1.807) is 56.9 Å². The van der Waals surface area contributed by atoms with Gasteiger partial charge >= 0.3 is 328 Å². The van der Waals surface area contributed by atoms with Crippen LogP contribution < -0.4 is 30.2 Å². The molecule has 0 fully saturated rings. The first-order valence-electron chi connectivity index (χ1n) is 14.7. The number of hydrogen-bond acceptors (Lipinski definition) is 12. The molecule has 0 aromatic carbocycles. The summed E-state index contributed by atoms with van der Waals surface area (Å²) in [4.78, 5) is 0. The van der Waals surface area contributed by atoms with Gasteiger partial charge in [0.05, 0.1) is 0 Å². The Hall–Kier alpha value is 0.558. The van der Waals surface area contributed by atoms with E-state index in [1.165, 1.54) is 74.7 Å². The molecule has 0 saturated heterocycles. The van der Waals surface area contributed by atoms with Gasteiger partial charge < -0.3 is 0 Å². The van der Waals surface area contributed by atoms with E-state index < -0.39 is 0 Å². The maximum atomic E-state index is 5.84. The van der Waals surface area contributed by atoms with Crippen molar-refractivity contribution in [3.63, 3.8) is 0 Å². The molecule has 8 bridgehead atoms. The van der Waals surface area contributed by atoms with E-state index in [9.17, 15) is 0 Å². The molecule has 8 nitrogen and oxygen atoms in total. The van der Waals surface area contributed by atoms with Gasteiger partial charge in [0.15, 0.2) is 0 Å². The number of fused-ring (bicyclic) bond motifs is 8. The minimum atomic E-state index is 0.0548. The summed E-state index contributed by atoms with van der Waals surface area (Å²) in [6.45, 7) is 4.51. The van der Waals surface area contributed by atoms with Crippen molar-refractivity contribution >= 4 is 135 Å². The Morgan fingerprint density at radius 3 is 0.500 bits per heavy atom. The zero-order valence-corrected chi connectivity index (χ0v) is 38.3. The number of rotatable bonds is 16. The van der Waals surface area contributed by atoms with Crippen molar-refractivity contribution in [3.8, 4) is 0 Å². The van der Waals surface area contributed by atoms with Crippen molar-refractivity contribution in [2.24, 2.45) is 0 Å². The summed E-state index contributed by atoms with van der Waals surface area (Å²) in [7, 11) is 14.3. The molecule has 1 aliphatic rings. The fourth-order valence-electron chi connectivity index (χ4n) is 5.13. The Kier molecular flexibility index (Phi) is 16.2. The van der Waals surface area contributed by atoms with E-state index in [4.69, 9.17) is 37.9 Å². The second-order valence-corrected chi connectivity index (χ2v) is 27.7. The molecule has 0 atom stereocenters. The molecule has 48 heavy (non-hydrogen) atoms. The van der Waals surface area contributed by atoms with E-state index in [0.29, 0.717) is 52.9 Å². The Balaban J connectivity index is 1.81. The first kappa shape index (κ1) is 39.8. The van der Waals surface area contributed by atoms with Crippen molar-refractivity contribution < 1.29 is 37.9 Å². The molecule has 5 rings (SSSR count). The van der Waals surface area contributed by atoms with Crippen LogP contribution in [0, 0.1) is 0 Å². The predicted octanol–water partition coefficient (Wildman–Crippen LogP) is 0.0372. The van der Waals surface area contributed by atoms with Crippen LogP contribution in [-0.4, -0.2) is 117 Å². The topological polar surface area (TPSA) is 73.8 Å². The number of ether oxygens (including phenoxy) is 8. The average molecular weight is 997 g/mol. The van der Waals surface area contributed by atoms with Gasteiger partial charge in [-0.05, 0) is 0 Å². The van der Waals surface area contributed by atoms with Gasteiger partial charge in [-0.15, -0.1) is 0 Å². The van der Waals surface area contributed by atoms with E-state index in [0.717, 1.165) is 0 Å². The fraction of sp³-hybridized carbons (Fsp3) is 0.500. The number of methoxy groups -OCH3 is 8. The molecule has 0 amide bonds. The Morgan fingerprint density at radius 2 is 0.396 bits per heavy atom. The third-order valence-corrected chi connectivity index (χ3v) is 25.6. The Bertz CT molecular complexity index is 1320. The van der Waals surface area contributed by atoms with Crippen LogP contribution in [-0.2, 0) is 90.7 Å². The SMILES string of the molecule is COCc1c2sc(c1COC)[Se]c1sc(c(COC)c1COC)[Se]c1sc(c(COC)c1COC)[Se]c1sc(c(COC)c1COC)[Se]2. The Morgan fingerprint density at radius 1 is 0.271 bits per heavy atom. The quantitative estimate of drug-likeness (QED) is 0.129. The maximum absolute atomic E-state index is 5.84. The molecule has 0 saturated carbocycles. The van der Waals surface area contributed by atoms with Gasteiger partial charge in [0, 0.05) is 0 Å². The molecule has 0 aliphatic carbocycles. The summed E-state index contributed by atoms with van der Waals surface area (Å²) in [6, 6.07) is 0. The van der Waals surface area contributed by atoms with Gasteiger partial charge in [-0.1, -0.05) is 0 Å². The third-order valence-electron chi connectivity index (χ3n) is 7.22. The zero-order chi connectivity index (χ0) is 34.2. The van der Waals surface area contributed by atoms with Crippen LogP contribution in [0.2, 0.25) is 0 Å². The van der Waals surface area contributed by atoms with Crippen LogP contribution in [0.3, 0.4) is 0 Å². The van der Waals surface area contributed by atoms with Gasteiger partial charge in [0.2, 0.25) is 0 Å². The van der Waals surface area contributed by atoms with E-state index in [1.807, 2.05) is 45.3 Å². The van der Waals surface area contributed by atoms with Gasteiger partial charge in [0.25, 0.3) is 0 Å². The first-order chi connectivity index (χ1) is 23.5. The van der Waals surface area contributed by atoms with Crippen molar-refractivity contribution in [1.82, 2.24) is 0 Å². The first-order valence-corrected chi connectivity index (χ1v) is 24.8. The summed E-state index contributed by atoms with van der Waals surface area (Å²) >= 11 is 8.01. The number of thiophene rings is 4. The molecule has 264 valence electrons. The normalized spacial score (nSPS) is 13.2. The summed E-state index contributed by atoms with van der Waals surface area (Å²) in [5.41, 5.74) is 10.2. The van der Waals surface area contributed by atoms with Crippen molar-refractivity contribution in [2.75, 3.05) is 56.9 Å². The molecule has 4 aromatic rings. The molecule has 16 heteroatoms. The molecule has 5 heterocycles. The predicted molar refractivity (Wildman–Crippen MR) is 203 cm³/mol. The molecule has 4 aromatic heterocycles. The second-order valence-electron chi connectivity index (χ2n) is 10.4. The van der Waals surface area contributed by atoms with Crippen molar-refractivity contribution in [2.45, 2.75) is 52.9 Å². The summed E-state index contributed by atoms with van der Waals surface area (Å²) in [6.07, 6.45) is 0. The van der Waals surface area contributed by atoms with Gasteiger partial charge in [-0.2, -0.15) is 0 Å². The van der Waals surface area contributed by atoms with E-state index in [-0.39, 0.29) is 59.8 Å². The summed E-state index contributed by atoms with van der Waals surface area (Å²) in [5.74, 6) is 0. The van der Waals surface area contributed by atoms with Crippen LogP contribution in [0.4, 0.5) is 0 Å². The van der Waals surface area contributed by atoms with Crippen LogP contribution >= 0.6 is 45.3 Å². The minimum absolute atomic E-state index is 0.0548. The monoisotopic (exact) mass is 1000 g/mol. The molecular weight excluding hydrogens is 956 g/mol. The fourth-order valence-corrected chi connectivity index (χ4v) is 29.2. The molecule has 0 spiro atoms. The van der Waals surface area contributed by atoms with Gasteiger partial charge in [-0.3, -0.25) is 0 Å². The Labute approximate surface area is 324 Å². The molecule has 0 radical (unpaired) electrons. The summed E-state index contributed by atoms with van der Waals surface area (Å²) < 4.78 is 57.9. The van der Waals surface area contributed by atoms with Crippen molar-refractivity contribution in [1.29, 1.82) is 0 Å². The molecule has 0 N–H and O–H groups in total. The van der Waals surface area contributed by atoms with Crippen LogP contribution in [0.15, 0.2) is 0 Å². The second kappa shape index (κ2) is 19.6. The van der Waals surface area contributed by atoms with Crippen LogP contribution in [0.1, 0.15) is 44.5 Å². The summed E-state index contributed by atoms with van der Waals surface area (Å²) in [5, 5.41) is 0. The van der Waals surface area contributed by atoms with Crippen LogP contribution in [0.25, 0.3) is 0 Å². The molecule has 1 aliphatic heterocycles. The standard InChI is InChI=1S/C32H40O8S4Se4/c1-33-9-17-18(10-34-2)26-41-25(17)45-27-19(11-35-3)20(12-36-4)29(42-27)47-31-23(15-39-7)24(16-40-8)32(44-31)48-30-22(14-38-6)21(13-37-5)28(43-30)46-26/h9-16H2,1-8H3. The average Bonchev–Trinajstić information content (AvgIpc) is 3.75. The third kappa shape index (κ3) is 8.84. The van der Waals surface area contributed by atoms with Crippen LogP contribution in [0.5, 0.6) is 0 Å². The zero-order valence-electron chi connectivity index (χ0n) is 28.2.